The number of nitro groups is 1. The molecule has 0 N–H and O–H groups in total. The predicted molar refractivity (Wildman–Crippen MR) is 103 cm³/mol. The zero-order chi connectivity index (χ0) is 21.1. The zero-order valence-corrected chi connectivity index (χ0v) is 15.8. The van der Waals surface area contributed by atoms with Gasteiger partial charge in [-0.2, -0.15) is 0 Å². The highest BCUT2D eigenvalue weighted by Gasteiger charge is 2.25. The molecule has 2 aromatic rings. The van der Waals surface area contributed by atoms with E-state index in [4.69, 9.17) is 14.2 Å². The van der Waals surface area contributed by atoms with Crippen molar-refractivity contribution >= 4 is 29.6 Å². The van der Waals surface area contributed by atoms with E-state index in [1.54, 1.807) is 19.1 Å². The molecule has 0 aliphatic carbocycles. The lowest BCUT2D eigenvalue weighted by Crippen LogP contribution is -2.06. The van der Waals surface area contributed by atoms with Crippen molar-refractivity contribution in [2.24, 2.45) is 4.99 Å². The van der Waals surface area contributed by atoms with E-state index in [1.165, 1.54) is 44.4 Å². The standard InChI is InChI=1S/C20H16N2O7/c1-11-8-14(5-6-16(11)22(25)26)19-21-15(20(24)29-19)9-13-4-7-17(27-3)18(10-13)28-12(2)23/h4-10H,1-3H3/b15-9-. The molecule has 0 unspecified atom stereocenters. The molecular weight excluding hydrogens is 380 g/mol. The summed E-state index contributed by atoms with van der Waals surface area (Å²) in [6.07, 6.45) is 1.47. The number of ether oxygens (including phenoxy) is 3. The SMILES string of the molecule is COc1ccc(/C=C2\N=C(c3ccc([N+](=O)[O-])c(C)c3)OC2=O)cc1OC(C)=O. The lowest BCUT2D eigenvalue weighted by Gasteiger charge is -2.08. The molecule has 0 fully saturated rings. The van der Waals surface area contributed by atoms with Gasteiger partial charge >= 0.3 is 11.9 Å². The number of carbonyl (C=O) groups excluding carboxylic acids is 2. The van der Waals surface area contributed by atoms with Crippen molar-refractivity contribution in [2.75, 3.05) is 7.11 Å². The Balaban J connectivity index is 1.94. The molecule has 148 valence electrons. The van der Waals surface area contributed by atoms with Crippen LogP contribution in [-0.4, -0.2) is 29.9 Å². The summed E-state index contributed by atoms with van der Waals surface area (Å²) >= 11 is 0. The molecule has 1 aliphatic heterocycles. The van der Waals surface area contributed by atoms with Crippen LogP contribution >= 0.6 is 0 Å². The molecule has 9 nitrogen and oxygen atoms in total. The lowest BCUT2D eigenvalue weighted by atomic mass is 10.1. The Kier molecular flexibility index (Phi) is 5.40. The second-order valence-corrected chi connectivity index (χ2v) is 6.10. The number of esters is 2. The number of aryl methyl sites for hydroxylation is 1. The van der Waals surface area contributed by atoms with Crippen LogP contribution in [0.1, 0.15) is 23.6 Å². The van der Waals surface area contributed by atoms with Crippen LogP contribution < -0.4 is 9.47 Å². The highest BCUT2D eigenvalue weighted by molar-refractivity contribution is 6.13. The predicted octanol–water partition coefficient (Wildman–Crippen LogP) is 3.18. The molecule has 0 aromatic heterocycles. The summed E-state index contributed by atoms with van der Waals surface area (Å²) in [7, 11) is 1.44. The third-order valence-electron chi connectivity index (χ3n) is 4.01. The summed E-state index contributed by atoms with van der Waals surface area (Å²) in [4.78, 5) is 38.1. The molecule has 0 atom stereocenters. The van der Waals surface area contributed by atoms with Crippen molar-refractivity contribution in [3.05, 3.63) is 68.9 Å². The Morgan fingerprint density at radius 1 is 1.21 bits per heavy atom. The summed E-state index contributed by atoms with van der Waals surface area (Å²) in [5.41, 5.74) is 1.41. The van der Waals surface area contributed by atoms with Crippen LogP contribution in [0.15, 0.2) is 47.1 Å². The summed E-state index contributed by atoms with van der Waals surface area (Å²) < 4.78 is 15.4. The van der Waals surface area contributed by atoms with Gasteiger partial charge < -0.3 is 14.2 Å². The Hall–Kier alpha value is -4.01. The highest BCUT2D eigenvalue weighted by atomic mass is 16.6. The molecule has 9 heteroatoms. The van der Waals surface area contributed by atoms with E-state index in [9.17, 15) is 19.7 Å². The number of hydrogen-bond donors (Lipinski definition) is 0. The molecule has 3 rings (SSSR count). The fraction of sp³-hybridized carbons (Fsp3) is 0.150. The Morgan fingerprint density at radius 3 is 2.59 bits per heavy atom. The minimum absolute atomic E-state index is 0.0364. The van der Waals surface area contributed by atoms with Crippen LogP contribution in [0.5, 0.6) is 11.5 Å². The Morgan fingerprint density at radius 2 is 1.97 bits per heavy atom. The maximum atomic E-state index is 12.2. The van der Waals surface area contributed by atoms with E-state index in [0.717, 1.165) is 0 Å². The maximum absolute atomic E-state index is 12.2. The van der Waals surface area contributed by atoms with Crippen LogP contribution in [0.25, 0.3) is 6.08 Å². The third kappa shape index (κ3) is 4.29. The summed E-state index contributed by atoms with van der Waals surface area (Å²) in [6, 6.07) is 9.11. The molecule has 0 saturated carbocycles. The van der Waals surface area contributed by atoms with Crippen LogP contribution in [0.3, 0.4) is 0 Å². The molecule has 0 saturated heterocycles. The van der Waals surface area contributed by atoms with Gasteiger partial charge in [0.25, 0.3) is 5.69 Å². The van der Waals surface area contributed by atoms with Crippen molar-refractivity contribution in [3.8, 4) is 11.5 Å². The van der Waals surface area contributed by atoms with Crippen LogP contribution in [0.2, 0.25) is 0 Å². The van der Waals surface area contributed by atoms with E-state index in [-0.39, 0.29) is 23.0 Å². The topological polar surface area (TPSA) is 117 Å². The van der Waals surface area contributed by atoms with Crippen LogP contribution in [0.4, 0.5) is 5.69 Å². The molecule has 29 heavy (non-hydrogen) atoms. The number of nitrogens with zero attached hydrogens (tertiary/aromatic N) is 2. The largest absolute Gasteiger partial charge is 0.493 e. The first-order chi connectivity index (χ1) is 13.8. The van der Waals surface area contributed by atoms with Crippen molar-refractivity contribution in [3.63, 3.8) is 0 Å². The van der Waals surface area contributed by atoms with Crippen LogP contribution in [0, 0.1) is 17.0 Å². The zero-order valence-electron chi connectivity index (χ0n) is 15.8. The molecule has 1 heterocycles. The minimum Gasteiger partial charge on any atom is -0.493 e. The number of hydrogen-bond acceptors (Lipinski definition) is 8. The number of rotatable bonds is 5. The molecule has 0 amide bonds. The summed E-state index contributed by atoms with van der Waals surface area (Å²) in [5.74, 6) is -0.561. The van der Waals surface area contributed by atoms with E-state index in [1.807, 2.05) is 0 Å². The number of benzene rings is 2. The van der Waals surface area contributed by atoms with Gasteiger partial charge in [0.1, 0.15) is 0 Å². The van der Waals surface area contributed by atoms with E-state index < -0.39 is 16.9 Å². The number of aliphatic imine (C=N–C) groups is 1. The average Bonchev–Trinajstić information content (AvgIpc) is 3.01. The first kappa shape index (κ1) is 19.7. The fourth-order valence-corrected chi connectivity index (χ4v) is 2.70. The van der Waals surface area contributed by atoms with Gasteiger partial charge in [0.15, 0.2) is 17.2 Å². The van der Waals surface area contributed by atoms with Gasteiger partial charge in [-0.3, -0.25) is 14.9 Å². The number of cyclic esters (lactones) is 1. The molecule has 0 spiro atoms. The van der Waals surface area contributed by atoms with Crippen molar-refractivity contribution in [2.45, 2.75) is 13.8 Å². The fourth-order valence-electron chi connectivity index (χ4n) is 2.70. The normalized spacial score (nSPS) is 14.4. The highest BCUT2D eigenvalue weighted by Crippen LogP contribution is 2.30. The molecule has 0 bridgehead atoms. The summed E-state index contributed by atoms with van der Waals surface area (Å²) in [6.45, 7) is 2.85. The minimum atomic E-state index is -0.666. The van der Waals surface area contributed by atoms with E-state index in [2.05, 4.69) is 4.99 Å². The second kappa shape index (κ2) is 7.93. The van der Waals surface area contributed by atoms with E-state index in [0.29, 0.717) is 22.4 Å². The average molecular weight is 396 g/mol. The van der Waals surface area contributed by atoms with Gasteiger partial charge in [-0.25, -0.2) is 9.79 Å². The first-order valence-electron chi connectivity index (χ1n) is 8.43. The van der Waals surface area contributed by atoms with Gasteiger partial charge in [-0.1, -0.05) is 6.07 Å². The van der Waals surface area contributed by atoms with Gasteiger partial charge in [0.2, 0.25) is 5.90 Å². The number of carbonyl (C=O) groups is 2. The maximum Gasteiger partial charge on any atom is 0.363 e. The molecule has 1 aliphatic rings. The van der Waals surface area contributed by atoms with E-state index >= 15 is 0 Å². The van der Waals surface area contributed by atoms with Crippen molar-refractivity contribution < 1.29 is 28.7 Å². The molecule has 2 aromatic carbocycles. The van der Waals surface area contributed by atoms with Crippen molar-refractivity contribution in [1.82, 2.24) is 0 Å². The second-order valence-electron chi connectivity index (χ2n) is 6.10. The lowest BCUT2D eigenvalue weighted by molar-refractivity contribution is -0.385. The Labute approximate surface area is 165 Å². The molecular formula is C20H16N2O7. The smallest absolute Gasteiger partial charge is 0.363 e. The van der Waals surface area contributed by atoms with Gasteiger partial charge in [-0.05, 0) is 42.8 Å². The Bertz CT molecular complexity index is 1090. The van der Waals surface area contributed by atoms with Crippen molar-refractivity contribution in [1.29, 1.82) is 0 Å². The first-order valence-corrected chi connectivity index (χ1v) is 8.43. The van der Waals surface area contributed by atoms with Gasteiger partial charge in [0.05, 0.1) is 12.0 Å². The third-order valence-corrected chi connectivity index (χ3v) is 4.01. The monoisotopic (exact) mass is 396 g/mol. The number of nitro benzene ring substituents is 1. The van der Waals surface area contributed by atoms with Gasteiger partial charge in [0, 0.05) is 24.1 Å². The quantitative estimate of drug-likeness (QED) is 0.250. The summed E-state index contributed by atoms with van der Waals surface area (Å²) in [5, 5.41) is 10.9. The van der Waals surface area contributed by atoms with Crippen LogP contribution in [-0.2, 0) is 14.3 Å². The number of methoxy groups -OCH3 is 1. The molecule has 0 radical (unpaired) electrons. The van der Waals surface area contributed by atoms with Gasteiger partial charge in [-0.15, -0.1) is 0 Å².